The first-order chi connectivity index (χ1) is 6.40. The third-order valence-corrected chi connectivity index (χ3v) is 1.96. The van der Waals surface area contributed by atoms with Crippen LogP contribution < -0.4 is 4.74 Å². The van der Waals surface area contributed by atoms with Crippen molar-refractivity contribution in [1.29, 1.82) is 0 Å². The SMILES string of the molecule is CC(C)c1ccccc1OC(C)(C)C. The van der Waals surface area contributed by atoms with Gasteiger partial charge in [0.05, 0.1) is 0 Å². The monoisotopic (exact) mass is 192 g/mol. The Kier molecular flexibility index (Phi) is 3.20. The van der Waals surface area contributed by atoms with Gasteiger partial charge in [0.2, 0.25) is 0 Å². The van der Waals surface area contributed by atoms with E-state index < -0.39 is 0 Å². The fraction of sp³-hybridized carbons (Fsp3) is 0.538. The second kappa shape index (κ2) is 4.04. The van der Waals surface area contributed by atoms with Crippen LogP contribution in [-0.4, -0.2) is 5.60 Å². The number of ether oxygens (including phenoxy) is 1. The summed E-state index contributed by atoms with van der Waals surface area (Å²) in [5.41, 5.74) is 1.16. The van der Waals surface area contributed by atoms with Gasteiger partial charge in [-0.05, 0) is 38.3 Å². The molecule has 0 aliphatic rings. The van der Waals surface area contributed by atoms with Crippen LogP contribution in [0.1, 0.15) is 46.1 Å². The Morgan fingerprint density at radius 2 is 1.64 bits per heavy atom. The zero-order chi connectivity index (χ0) is 10.8. The first-order valence-electron chi connectivity index (χ1n) is 5.18. The Bertz CT molecular complexity index is 294. The molecule has 78 valence electrons. The number of benzene rings is 1. The second-order valence-corrected chi connectivity index (χ2v) is 4.91. The number of hydrogen-bond acceptors (Lipinski definition) is 1. The van der Waals surface area contributed by atoms with Crippen molar-refractivity contribution in [2.24, 2.45) is 0 Å². The van der Waals surface area contributed by atoms with Crippen LogP contribution in [0.4, 0.5) is 0 Å². The molecule has 0 atom stereocenters. The van der Waals surface area contributed by atoms with E-state index in [0.717, 1.165) is 5.75 Å². The van der Waals surface area contributed by atoms with Crippen molar-refractivity contribution in [3.8, 4) is 5.75 Å². The van der Waals surface area contributed by atoms with Crippen LogP contribution in [0.15, 0.2) is 24.3 Å². The van der Waals surface area contributed by atoms with Crippen molar-refractivity contribution in [3.63, 3.8) is 0 Å². The van der Waals surface area contributed by atoms with Gasteiger partial charge in [-0.15, -0.1) is 0 Å². The molecule has 1 heteroatoms. The van der Waals surface area contributed by atoms with Crippen LogP contribution in [0.5, 0.6) is 5.75 Å². The van der Waals surface area contributed by atoms with Crippen LogP contribution in [0.3, 0.4) is 0 Å². The Morgan fingerprint density at radius 1 is 1.07 bits per heavy atom. The van der Waals surface area contributed by atoms with Crippen molar-refractivity contribution in [1.82, 2.24) is 0 Å². The van der Waals surface area contributed by atoms with Gasteiger partial charge in [-0.25, -0.2) is 0 Å². The molecular weight excluding hydrogens is 172 g/mol. The molecule has 1 nitrogen and oxygen atoms in total. The van der Waals surface area contributed by atoms with Gasteiger partial charge in [-0.3, -0.25) is 0 Å². The van der Waals surface area contributed by atoms with Crippen molar-refractivity contribution in [2.75, 3.05) is 0 Å². The Hall–Kier alpha value is -0.980. The zero-order valence-electron chi connectivity index (χ0n) is 9.79. The van der Waals surface area contributed by atoms with Gasteiger partial charge in [0.15, 0.2) is 0 Å². The fourth-order valence-electron chi connectivity index (χ4n) is 1.38. The average Bonchev–Trinajstić information content (AvgIpc) is 2.01. The van der Waals surface area contributed by atoms with E-state index in [2.05, 4.69) is 46.8 Å². The number of para-hydroxylation sites is 1. The molecule has 1 aromatic rings. The van der Waals surface area contributed by atoms with Gasteiger partial charge in [-0.1, -0.05) is 32.0 Å². The highest BCUT2D eigenvalue weighted by molar-refractivity contribution is 5.35. The highest BCUT2D eigenvalue weighted by Gasteiger charge is 2.15. The molecule has 0 amide bonds. The Balaban J connectivity index is 2.96. The van der Waals surface area contributed by atoms with Gasteiger partial charge in [0, 0.05) is 0 Å². The predicted octanol–water partition coefficient (Wildman–Crippen LogP) is 3.99. The van der Waals surface area contributed by atoms with Gasteiger partial charge in [0.1, 0.15) is 11.4 Å². The lowest BCUT2D eigenvalue weighted by Crippen LogP contribution is -2.23. The second-order valence-electron chi connectivity index (χ2n) is 4.91. The summed E-state index contributed by atoms with van der Waals surface area (Å²) in [6.07, 6.45) is 0. The fourth-order valence-corrected chi connectivity index (χ4v) is 1.38. The maximum absolute atomic E-state index is 5.89. The lowest BCUT2D eigenvalue weighted by atomic mass is 10.0. The Morgan fingerprint density at radius 3 is 2.14 bits per heavy atom. The molecule has 0 radical (unpaired) electrons. The summed E-state index contributed by atoms with van der Waals surface area (Å²) in [5, 5.41) is 0. The summed E-state index contributed by atoms with van der Waals surface area (Å²) in [6, 6.07) is 8.25. The molecule has 0 N–H and O–H groups in total. The van der Waals surface area contributed by atoms with Gasteiger partial charge < -0.3 is 4.74 Å². The minimum absolute atomic E-state index is 0.120. The molecule has 0 bridgehead atoms. The van der Waals surface area contributed by atoms with E-state index in [4.69, 9.17) is 4.74 Å². The van der Waals surface area contributed by atoms with Crippen LogP contribution in [0.25, 0.3) is 0 Å². The molecule has 1 rings (SSSR count). The standard InChI is InChI=1S/C13H20O/c1-10(2)11-8-6-7-9-12(11)14-13(3,4)5/h6-10H,1-5H3. The molecule has 0 spiro atoms. The molecule has 1 aromatic carbocycles. The van der Waals surface area contributed by atoms with Crippen molar-refractivity contribution >= 4 is 0 Å². The quantitative estimate of drug-likeness (QED) is 0.688. The molecule has 0 saturated carbocycles. The van der Waals surface area contributed by atoms with E-state index in [1.54, 1.807) is 0 Å². The Labute approximate surface area is 87.1 Å². The van der Waals surface area contributed by atoms with Crippen molar-refractivity contribution < 1.29 is 4.74 Å². The molecule has 0 aliphatic heterocycles. The van der Waals surface area contributed by atoms with E-state index in [1.165, 1.54) is 5.56 Å². The molecule has 0 saturated heterocycles. The highest BCUT2D eigenvalue weighted by atomic mass is 16.5. The molecular formula is C13H20O. The summed E-state index contributed by atoms with van der Waals surface area (Å²) >= 11 is 0. The summed E-state index contributed by atoms with van der Waals surface area (Å²) in [7, 11) is 0. The average molecular weight is 192 g/mol. The van der Waals surface area contributed by atoms with Gasteiger partial charge >= 0.3 is 0 Å². The van der Waals surface area contributed by atoms with Crippen molar-refractivity contribution in [2.45, 2.75) is 46.1 Å². The maximum Gasteiger partial charge on any atom is 0.123 e. The lowest BCUT2D eigenvalue weighted by molar-refractivity contribution is 0.129. The molecule has 0 aromatic heterocycles. The number of hydrogen-bond donors (Lipinski definition) is 0. The number of rotatable bonds is 2. The minimum Gasteiger partial charge on any atom is -0.488 e. The largest absolute Gasteiger partial charge is 0.488 e. The topological polar surface area (TPSA) is 9.23 Å². The van der Waals surface area contributed by atoms with Crippen LogP contribution in [-0.2, 0) is 0 Å². The smallest absolute Gasteiger partial charge is 0.123 e. The minimum atomic E-state index is -0.120. The van der Waals surface area contributed by atoms with Gasteiger partial charge in [-0.2, -0.15) is 0 Å². The van der Waals surface area contributed by atoms with Gasteiger partial charge in [0.25, 0.3) is 0 Å². The normalized spacial score (nSPS) is 11.9. The van der Waals surface area contributed by atoms with E-state index >= 15 is 0 Å². The van der Waals surface area contributed by atoms with E-state index in [-0.39, 0.29) is 5.60 Å². The highest BCUT2D eigenvalue weighted by Crippen LogP contribution is 2.28. The van der Waals surface area contributed by atoms with E-state index in [9.17, 15) is 0 Å². The maximum atomic E-state index is 5.89. The van der Waals surface area contributed by atoms with E-state index in [1.807, 2.05) is 12.1 Å². The van der Waals surface area contributed by atoms with Crippen molar-refractivity contribution in [3.05, 3.63) is 29.8 Å². The molecule has 0 aliphatic carbocycles. The molecule has 0 heterocycles. The first-order valence-corrected chi connectivity index (χ1v) is 5.18. The summed E-state index contributed by atoms with van der Waals surface area (Å²) in [5.74, 6) is 1.52. The lowest BCUT2D eigenvalue weighted by Gasteiger charge is -2.24. The van der Waals surface area contributed by atoms with E-state index in [0.29, 0.717) is 5.92 Å². The summed E-state index contributed by atoms with van der Waals surface area (Å²) in [6.45, 7) is 10.6. The van der Waals surface area contributed by atoms with Crippen LogP contribution in [0, 0.1) is 0 Å². The third kappa shape index (κ3) is 3.06. The van der Waals surface area contributed by atoms with Crippen LogP contribution in [0.2, 0.25) is 0 Å². The predicted molar refractivity (Wildman–Crippen MR) is 60.9 cm³/mol. The van der Waals surface area contributed by atoms with Crippen LogP contribution >= 0.6 is 0 Å². The molecule has 0 fully saturated rings. The third-order valence-electron chi connectivity index (χ3n) is 1.96. The summed E-state index contributed by atoms with van der Waals surface area (Å²) < 4.78 is 5.89. The molecule has 0 unspecified atom stereocenters. The zero-order valence-corrected chi connectivity index (χ0v) is 9.79. The molecule has 14 heavy (non-hydrogen) atoms. The first kappa shape index (κ1) is 11.1. The summed E-state index contributed by atoms with van der Waals surface area (Å²) in [4.78, 5) is 0.